The third-order valence-electron chi connectivity index (χ3n) is 11.2. The molecule has 0 N–H and O–H groups in total. The van der Waals surface area contributed by atoms with Crippen LogP contribution >= 0.6 is 0 Å². The van der Waals surface area contributed by atoms with Crippen molar-refractivity contribution in [3.8, 4) is 0 Å². The van der Waals surface area contributed by atoms with Crippen molar-refractivity contribution in [3.63, 3.8) is 0 Å². The van der Waals surface area contributed by atoms with E-state index in [1.165, 1.54) is 210 Å². The number of aryl methyl sites for hydroxylation is 2. The quantitative estimate of drug-likeness (QED) is 0.0656. The van der Waals surface area contributed by atoms with E-state index >= 15 is 0 Å². The lowest BCUT2D eigenvalue weighted by atomic mass is 9.87. The van der Waals surface area contributed by atoms with Crippen LogP contribution in [0.15, 0.2) is 54.6 Å². The van der Waals surface area contributed by atoms with Crippen molar-refractivity contribution in [1.29, 1.82) is 0 Å². The predicted octanol–water partition coefficient (Wildman–Crippen LogP) is 16.5. The van der Waals surface area contributed by atoms with Crippen LogP contribution in [0.3, 0.4) is 0 Å². The van der Waals surface area contributed by atoms with Crippen LogP contribution in [-0.4, -0.2) is 0 Å². The highest BCUT2D eigenvalue weighted by atomic mass is 14.2. The molecular weight excluding hydrogens is 577 g/mol. The van der Waals surface area contributed by atoms with Crippen molar-refractivity contribution >= 4 is 0 Å². The Labute approximate surface area is 302 Å². The molecule has 2 aromatic rings. The Bertz CT molecular complexity index is 911. The van der Waals surface area contributed by atoms with Crippen molar-refractivity contribution in [2.75, 3.05) is 0 Å². The molecule has 2 rings (SSSR count). The summed E-state index contributed by atoms with van der Waals surface area (Å²) in [5.41, 5.74) is 4.66. The van der Waals surface area contributed by atoms with Gasteiger partial charge in [-0.2, -0.15) is 0 Å². The first-order valence-corrected chi connectivity index (χ1v) is 21.9. The van der Waals surface area contributed by atoms with E-state index in [1.54, 1.807) is 5.56 Å². The molecule has 2 unspecified atom stereocenters. The van der Waals surface area contributed by atoms with Gasteiger partial charge in [0.2, 0.25) is 0 Å². The summed E-state index contributed by atoms with van der Waals surface area (Å²) in [5.74, 6) is 1.72. The van der Waals surface area contributed by atoms with Crippen LogP contribution in [0.4, 0.5) is 0 Å². The zero-order valence-corrected chi connectivity index (χ0v) is 32.8. The van der Waals surface area contributed by atoms with Gasteiger partial charge in [-0.15, -0.1) is 0 Å². The molecule has 0 amide bonds. The SMILES string of the molecule is CCCCCc1ccc(C(CCCCC)CCCCCCCCC(C)CCCCCCCCCCCCCCCc2ccccc2)cc1. The van der Waals surface area contributed by atoms with Crippen LogP contribution in [-0.2, 0) is 12.8 Å². The molecule has 274 valence electrons. The second-order valence-electron chi connectivity index (χ2n) is 15.8. The number of rotatable bonds is 34. The van der Waals surface area contributed by atoms with Crippen LogP contribution in [0.25, 0.3) is 0 Å². The molecule has 0 aliphatic heterocycles. The maximum absolute atomic E-state index is 2.51. The lowest BCUT2D eigenvalue weighted by Gasteiger charge is -2.18. The number of hydrogen-bond acceptors (Lipinski definition) is 0. The van der Waals surface area contributed by atoms with Crippen LogP contribution in [0.1, 0.15) is 230 Å². The molecule has 0 heteroatoms. The van der Waals surface area contributed by atoms with Crippen molar-refractivity contribution < 1.29 is 0 Å². The fraction of sp³-hybridized carbons (Fsp3) is 0.750. The molecule has 2 aromatic carbocycles. The van der Waals surface area contributed by atoms with Crippen molar-refractivity contribution in [3.05, 3.63) is 71.3 Å². The monoisotopic (exact) mass is 659 g/mol. The average Bonchev–Trinajstić information content (AvgIpc) is 3.11. The van der Waals surface area contributed by atoms with Gasteiger partial charge in [0.15, 0.2) is 0 Å². The summed E-state index contributed by atoms with van der Waals surface area (Å²) in [7, 11) is 0. The highest BCUT2D eigenvalue weighted by Crippen LogP contribution is 2.29. The lowest BCUT2D eigenvalue weighted by molar-refractivity contribution is 0.428. The smallest absolute Gasteiger partial charge is 0.0162 e. The second kappa shape index (κ2) is 31.4. The Hall–Kier alpha value is -1.56. The fourth-order valence-corrected chi connectivity index (χ4v) is 7.80. The van der Waals surface area contributed by atoms with Gasteiger partial charge < -0.3 is 0 Å². The maximum atomic E-state index is 2.51. The van der Waals surface area contributed by atoms with Gasteiger partial charge in [0, 0.05) is 0 Å². The normalized spacial score (nSPS) is 12.8. The number of benzene rings is 2. The Morgan fingerprint density at radius 1 is 0.354 bits per heavy atom. The first-order valence-electron chi connectivity index (χ1n) is 21.9. The number of hydrogen-bond donors (Lipinski definition) is 0. The van der Waals surface area contributed by atoms with Crippen molar-refractivity contribution in [1.82, 2.24) is 0 Å². The van der Waals surface area contributed by atoms with E-state index in [-0.39, 0.29) is 0 Å². The predicted molar refractivity (Wildman–Crippen MR) is 217 cm³/mol. The van der Waals surface area contributed by atoms with Gasteiger partial charge in [-0.05, 0) is 67.1 Å². The summed E-state index contributed by atoms with van der Waals surface area (Å²) in [4.78, 5) is 0. The summed E-state index contributed by atoms with van der Waals surface area (Å²) in [6.45, 7) is 7.15. The molecule has 0 aliphatic rings. The van der Waals surface area contributed by atoms with E-state index in [2.05, 4.69) is 75.4 Å². The topological polar surface area (TPSA) is 0 Å². The molecule has 2 atom stereocenters. The molecular formula is C48H82. The van der Waals surface area contributed by atoms with Crippen molar-refractivity contribution in [2.24, 2.45) is 5.92 Å². The Morgan fingerprint density at radius 3 is 1.19 bits per heavy atom. The Morgan fingerprint density at radius 2 is 0.708 bits per heavy atom. The third kappa shape index (κ3) is 23.7. The van der Waals surface area contributed by atoms with E-state index in [0.29, 0.717) is 0 Å². The van der Waals surface area contributed by atoms with E-state index in [1.807, 2.05) is 0 Å². The molecule has 0 spiro atoms. The minimum atomic E-state index is 0.780. The average molecular weight is 659 g/mol. The molecule has 0 bridgehead atoms. The molecule has 0 heterocycles. The summed E-state index contributed by atoms with van der Waals surface area (Å²) in [5, 5.41) is 0. The summed E-state index contributed by atoms with van der Waals surface area (Å²) < 4.78 is 0. The highest BCUT2D eigenvalue weighted by molar-refractivity contribution is 5.25. The molecule has 0 aromatic heterocycles. The van der Waals surface area contributed by atoms with Gasteiger partial charge in [0.25, 0.3) is 0 Å². The minimum Gasteiger partial charge on any atom is -0.0654 e. The van der Waals surface area contributed by atoms with Crippen LogP contribution in [0.5, 0.6) is 0 Å². The third-order valence-corrected chi connectivity index (χ3v) is 11.2. The van der Waals surface area contributed by atoms with Gasteiger partial charge in [-0.25, -0.2) is 0 Å². The second-order valence-corrected chi connectivity index (χ2v) is 15.8. The number of unbranched alkanes of at least 4 members (excludes halogenated alkanes) is 21. The molecule has 0 nitrogen and oxygen atoms in total. The standard InChI is InChI=1S/C48H82/c1-4-6-24-34-46-40-42-48(43-41-46)47(38-25-7-5-2)39-31-22-18-17-20-27-33-44(3)32-26-19-15-13-11-9-8-10-12-14-16-21-28-35-45-36-29-23-30-37-45/h23,29-30,36-37,40-44,47H,4-22,24-28,31-35,38-39H2,1-3H3. The fourth-order valence-electron chi connectivity index (χ4n) is 7.80. The van der Waals surface area contributed by atoms with E-state index in [9.17, 15) is 0 Å². The molecule has 0 saturated carbocycles. The van der Waals surface area contributed by atoms with Crippen LogP contribution in [0, 0.1) is 5.92 Å². The zero-order valence-electron chi connectivity index (χ0n) is 32.8. The maximum Gasteiger partial charge on any atom is -0.0162 e. The van der Waals surface area contributed by atoms with Gasteiger partial charge in [-0.1, -0.05) is 236 Å². The summed E-state index contributed by atoms with van der Waals surface area (Å²) >= 11 is 0. The molecule has 0 fully saturated rings. The minimum absolute atomic E-state index is 0.780. The van der Waals surface area contributed by atoms with Gasteiger partial charge >= 0.3 is 0 Å². The lowest BCUT2D eigenvalue weighted by Crippen LogP contribution is -2.00. The van der Waals surface area contributed by atoms with Crippen molar-refractivity contribution in [2.45, 2.75) is 226 Å². The van der Waals surface area contributed by atoms with E-state index < -0.39 is 0 Å². The molecule has 0 aliphatic carbocycles. The summed E-state index contributed by atoms with van der Waals surface area (Å²) in [6, 6.07) is 20.8. The van der Waals surface area contributed by atoms with Crippen LogP contribution in [0.2, 0.25) is 0 Å². The zero-order chi connectivity index (χ0) is 34.2. The van der Waals surface area contributed by atoms with E-state index in [0.717, 1.165) is 11.8 Å². The molecule has 0 saturated heterocycles. The first-order chi connectivity index (χ1) is 23.7. The highest BCUT2D eigenvalue weighted by Gasteiger charge is 2.11. The summed E-state index contributed by atoms with van der Waals surface area (Å²) in [6.07, 6.45) is 43.9. The van der Waals surface area contributed by atoms with Gasteiger partial charge in [0.1, 0.15) is 0 Å². The Balaban J connectivity index is 1.35. The molecule has 0 radical (unpaired) electrons. The largest absolute Gasteiger partial charge is 0.0654 e. The van der Waals surface area contributed by atoms with Crippen LogP contribution < -0.4 is 0 Å². The Kier molecular flexibility index (Phi) is 27.9. The van der Waals surface area contributed by atoms with E-state index in [4.69, 9.17) is 0 Å². The first kappa shape index (κ1) is 42.6. The molecule has 48 heavy (non-hydrogen) atoms. The van der Waals surface area contributed by atoms with Gasteiger partial charge in [0.05, 0.1) is 0 Å². The van der Waals surface area contributed by atoms with Gasteiger partial charge in [-0.3, -0.25) is 0 Å².